The zero-order chi connectivity index (χ0) is 28.2. The number of halogens is 1. The molecule has 1 heteroatoms. The van der Waals surface area contributed by atoms with Crippen LogP contribution in [0.3, 0.4) is 0 Å². The molecule has 0 spiro atoms. The smallest absolute Gasteiger partial charge is 0.0254 e. The minimum absolute atomic E-state index is 0.333. The molecular weight excluding hydrogens is 560 g/mol. The predicted molar refractivity (Wildman–Crippen MR) is 186 cm³/mol. The van der Waals surface area contributed by atoms with E-state index in [1.165, 1.54) is 81.7 Å². The summed E-state index contributed by atoms with van der Waals surface area (Å²) in [5.41, 5.74) is 7.92. The van der Waals surface area contributed by atoms with Crippen molar-refractivity contribution in [1.29, 1.82) is 0 Å². The van der Waals surface area contributed by atoms with E-state index in [2.05, 4.69) is 146 Å². The number of allylic oxidation sites excluding steroid dienone is 6. The van der Waals surface area contributed by atoms with Crippen molar-refractivity contribution in [1.82, 2.24) is 0 Å². The molecule has 1 atom stereocenters. The second-order valence-electron chi connectivity index (χ2n) is 11.1. The van der Waals surface area contributed by atoms with Gasteiger partial charge in [-0.1, -0.05) is 140 Å². The predicted octanol–water partition coefficient (Wildman–Crippen LogP) is 11.7. The molecule has 1 unspecified atom stereocenters. The standard InChI is InChI=1S/C40H33Br/c1-5-8-18-28-33-24(4)15-12-20-29(33)37-34(25(7-3)14-6-2)40-31-22-23-32(41)27-19-13-21-30(36(27)31)39(40)35(38(28)37)26-16-10-9-11-17-26/h7-24H,3,5-6H2,1-2,4H3. The first kappa shape index (κ1) is 26.0. The van der Waals surface area contributed by atoms with Crippen molar-refractivity contribution in [3.8, 4) is 11.1 Å². The Morgan fingerprint density at radius 2 is 1.61 bits per heavy atom. The van der Waals surface area contributed by atoms with Gasteiger partial charge >= 0.3 is 0 Å². The summed E-state index contributed by atoms with van der Waals surface area (Å²) in [6.45, 7) is 11.1. The first-order valence-corrected chi connectivity index (χ1v) is 15.5. The molecule has 1 aliphatic carbocycles. The summed E-state index contributed by atoms with van der Waals surface area (Å²) < 4.78 is 1.14. The van der Waals surface area contributed by atoms with Gasteiger partial charge in [-0.25, -0.2) is 0 Å². The highest BCUT2D eigenvalue weighted by atomic mass is 79.9. The lowest BCUT2D eigenvalue weighted by Gasteiger charge is -2.16. The van der Waals surface area contributed by atoms with E-state index in [1.807, 2.05) is 0 Å². The van der Waals surface area contributed by atoms with Crippen LogP contribution in [-0.2, 0) is 0 Å². The van der Waals surface area contributed by atoms with Crippen LogP contribution in [0.1, 0.15) is 56.2 Å². The summed E-state index contributed by atoms with van der Waals surface area (Å²) >= 11 is 3.87. The average Bonchev–Trinajstić information content (AvgIpc) is 3.51. The van der Waals surface area contributed by atoms with Gasteiger partial charge in [0, 0.05) is 10.4 Å². The molecule has 1 aliphatic rings. The van der Waals surface area contributed by atoms with Crippen LogP contribution in [0, 0.1) is 0 Å². The van der Waals surface area contributed by atoms with Gasteiger partial charge in [0.25, 0.3) is 0 Å². The molecule has 7 rings (SSSR count). The Kier molecular flexibility index (Phi) is 6.44. The summed E-state index contributed by atoms with van der Waals surface area (Å²) in [6.07, 6.45) is 18.0. The molecule has 0 saturated carbocycles. The SMILES string of the molecule is C=CC(=CCC)c1c2c3c(c(C=CCC)c2c(-c2ccccc2)c2c4cccc5c(Br)ccc(c12)c54)C(C)C=CC=3. The summed E-state index contributed by atoms with van der Waals surface area (Å²) in [5.74, 6) is 0.333. The highest BCUT2D eigenvalue weighted by Gasteiger charge is 2.29. The minimum Gasteiger partial charge on any atom is -0.0985 e. The van der Waals surface area contributed by atoms with Gasteiger partial charge in [-0.05, 0) is 101 Å². The summed E-state index contributed by atoms with van der Waals surface area (Å²) in [7, 11) is 0. The van der Waals surface area contributed by atoms with E-state index in [-0.39, 0.29) is 0 Å². The number of hydrogen-bond donors (Lipinski definition) is 0. The summed E-state index contributed by atoms with van der Waals surface area (Å²) in [4.78, 5) is 0. The molecule has 0 heterocycles. The molecular formula is C40H33Br. The highest BCUT2D eigenvalue weighted by molar-refractivity contribution is 9.10. The highest BCUT2D eigenvalue weighted by Crippen LogP contribution is 2.52. The van der Waals surface area contributed by atoms with E-state index < -0.39 is 0 Å². The molecule has 0 fully saturated rings. The van der Waals surface area contributed by atoms with Crippen molar-refractivity contribution in [2.24, 2.45) is 0 Å². The zero-order valence-corrected chi connectivity index (χ0v) is 25.5. The Morgan fingerprint density at radius 3 is 2.37 bits per heavy atom. The van der Waals surface area contributed by atoms with Crippen molar-refractivity contribution in [2.45, 2.75) is 39.5 Å². The lowest BCUT2D eigenvalue weighted by atomic mass is 9.86. The molecule has 0 amide bonds. The second kappa shape index (κ2) is 10.2. The first-order valence-electron chi connectivity index (χ1n) is 14.7. The maximum Gasteiger partial charge on any atom is 0.0254 e. The van der Waals surface area contributed by atoms with E-state index >= 15 is 0 Å². The molecule has 0 aromatic heterocycles. The van der Waals surface area contributed by atoms with E-state index in [1.54, 1.807) is 0 Å². The third-order valence-electron chi connectivity index (χ3n) is 8.78. The Labute approximate surface area is 250 Å². The Morgan fingerprint density at radius 1 is 0.829 bits per heavy atom. The largest absolute Gasteiger partial charge is 0.0985 e. The van der Waals surface area contributed by atoms with Crippen molar-refractivity contribution < 1.29 is 0 Å². The van der Waals surface area contributed by atoms with Gasteiger partial charge in [0.15, 0.2) is 0 Å². The van der Waals surface area contributed by atoms with Crippen molar-refractivity contribution in [3.63, 3.8) is 0 Å². The molecule has 6 aromatic rings. The van der Waals surface area contributed by atoms with E-state index in [0.717, 1.165) is 17.3 Å². The van der Waals surface area contributed by atoms with Gasteiger partial charge in [0.05, 0.1) is 0 Å². The fraction of sp³-hybridized carbons (Fsp3) is 0.150. The van der Waals surface area contributed by atoms with E-state index in [0.29, 0.717) is 5.92 Å². The van der Waals surface area contributed by atoms with Crippen LogP contribution in [0.2, 0.25) is 0 Å². The van der Waals surface area contributed by atoms with Gasteiger partial charge in [-0.2, -0.15) is 0 Å². The fourth-order valence-corrected chi connectivity index (χ4v) is 7.67. The van der Waals surface area contributed by atoms with Crippen LogP contribution in [0.4, 0.5) is 0 Å². The molecule has 0 saturated heterocycles. The molecule has 6 aromatic carbocycles. The van der Waals surface area contributed by atoms with Crippen LogP contribution < -0.4 is 5.22 Å². The monoisotopic (exact) mass is 592 g/mol. The Hall–Kier alpha value is -3.94. The quantitative estimate of drug-likeness (QED) is 0.169. The molecule has 0 N–H and O–H groups in total. The Balaban J connectivity index is 1.91. The molecule has 0 nitrogen and oxygen atoms in total. The molecule has 41 heavy (non-hydrogen) atoms. The van der Waals surface area contributed by atoms with Crippen molar-refractivity contribution in [2.75, 3.05) is 0 Å². The van der Waals surface area contributed by atoms with E-state index in [9.17, 15) is 0 Å². The van der Waals surface area contributed by atoms with Gasteiger partial charge < -0.3 is 0 Å². The molecule has 0 bridgehead atoms. The van der Waals surface area contributed by atoms with Crippen molar-refractivity contribution >= 4 is 76.7 Å². The maximum atomic E-state index is 4.35. The first-order chi connectivity index (χ1) is 20.1. The second-order valence-corrected chi connectivity index (χ2v) is 12.0. The third kappa shape index (κ3) is 3.72. The van der Waals surface area contributed by atoms with Gasteiger partial charge in [-0.15, -0.1) is 0 Å². The summed E-state index contributed by atoms with van der Waals surface area (Å²) in [5, 5.41) is 12.0. The average molecular weight is 594 g/mol. The number of rotatable bonds is 6. The van der Waals surface area contributed by atoms with Crippen LogP contribution >= 0.6 is 15.9 Å². The third-order valence-corrected chi connectivity index (χ3v) is 9.47. The zero-order valence-electron chi connectivity index (χ0n) is 23.9. The topological polar surface area (TPSA) is 0 Å². The minimum atomic E-state index is 0.333. The number of benzene rings is 4. The normalized spacial score (nSPS) is 15.5. The van der Waals surface area contributed by atoms with Crippen LogP contribution in [0.15, 0.2) is 102 Å². The molecule has 0 radical (unpaired) electrons. The van der Waals surface area contributed by atoms with Crippen LogP contribution in [0.25, 0.3) is 71.9 Å². The van der Waals surface area contributed by atoms with Crippen molar-refractivity contribution in [3.05, 3.63) is 124 Å². The lowest BCUT2D eigenvalue weighted by molar-refractivity contribution is 0.957. The number of fused-ring (bicyclic) bond motifs is 6. The van der Waals surface area contributed by atoms with Gasteiger partial charge in [0.2, 0.25) is 0 Å². The molecule has 0 aliphatic heterocycles. The summed E-state index contributed by atoms with van der Waals surface area (Å²) in [6, 6.07) is 22.4. The van der Waals surface area contributed by atoms with Crippen LogP contribution in [0.5, 0.6) is 0 Å². The fourth-order valence-electron chi connectivity index (χ4n) is 7.21. The Bertz CT molecular complexity index is 2140. The number of hydrogen-bond acceptors (Lipinski definition) is 0. The van der Waals surface area contributed by atoms with Gasteiger partial charge in [0.1, 0.15) is 0 Å². The van der Waals surface area contributed by atoms with Crippen LogP contribution in [-0.4, -0.2) is 0 Å². The molecule has 200 valence electrons. The van der Waals surface area contributed by atoms with Gasteiger partial charge in [-0.3, -0.25) is 0 Å². The maximum absolute atomic E-state index is 4.35. The lowest BCUT2D eigenvalue weighted by Crippen LogP contribution is -2.12. The van der Waals surface area contributed by atoms with E-state index in [4.69, 9.17) is 0 Å².